The largest absolute Gasteiger partial charge is 0.377 e. The van der Waals surface area contributed by atoms with E-state index in [1.54, 1.807) is 0 Å². The number of hydrogen-bond donors (Lipinski definition) is 0. The van der Waals surface area contributed by atoms with Crippen molar-refractivity contribution in [3.63, 3.8) is 0 Å². The zero-order valence-electron chi connectivity index (χ0n) is 13.0. The number of likely N-dealkylation sites (tertiary alicyclic amines) is 1. The van der Waals surface area contributed by atoms with E-state index in [0.717, 1.165) is 31.4 Å². The topological polar surface area (TPSA) is 20.3 Å². The molecule has 21 heavy (non-hydrogen) atoms. The van der Waals surface area contributed by atoms with Gasteiger partial charge in [0.1, 0.15) is 0 Å². The van der Waals surface area contributed by atoms with Crippen LogP contribution in [0.5, 0.6) is 0 Å². The number of fused-ring (bicyclic) bond motifs is 1. The molecule has 3 rings (SSSR count). The Balaban J connectivity index is 2.08. The van der Waals surface area contributed by atoms with Crippen molar-refractivity contribution in [1.29, 1.82) is 0 Å². The van der Waals surface area contributed by atoms with Gasteiger partial charge in [-0.2, -0.15) is 0 Å². The van der Waals surface area contributed by atoms with Gasteiger partial charge in [0.05, 0.1) is 0 Å². The summed E-state index contributed by atoms with van der Waals surface area (Å²) in [4.78, 5) is 14.4. The normalized spacial score (nSPS) is 26.1. The number of Topliss-reactive ketones (excluding diaryl/α,β-unsaturated/α-hetero) is 1. The third-order valence-corrected chi connectivity index (χ3v) is 5.29. The number of rotatable bonds is 2. The highest BCUT2D eigenvalue weighted by Crippen LogP contribution is 2.51. The monoisotopic (exact) mass is 281 g/mol. The Morgan fingerprint density at radius 3 is 2.67 bits per heavy atom. The smallest absolute Gasteiger partial charge is 0.158 e. The van der Waals surface area contributed by atoms with Crippen LogP contribution in [0.15, 0.2) is 53.8 Å². The van der Waals surface area contributed by atoms with Crippen molar-refractivity contribution < 1.29 is 4.79 Å². The van der Waals surface area contributed by atoms with Crippen molar-refractivity contribution in [2.24, 2.45) is 5.41 Å². The summed E-state index contributed by atoms with van der Waals surface area (Å²) in [7, 11) is 2.12. The summed E-state index contributed by atoms with van der Waals surface area (Å²) in [6.07, 6.45) is 3.49. The minimum atomic E-state index is -0.0493. The SMILES string of the molecule is C=C1N(C)CCC2=C(C)C(=O)CCC12Cc1ccccc1. The first-order valence-corrected chi connectivity index (χ1v) is 7.72. The van der Waals surface area contributed by atoms with Crippen LogP contribution in [0.25, 0.3) is 0 Å². The lowest BCUT2D eigenvalue weighted by Crippen LogP contribution is -2.44. The van der Waals surface area contributed by atoms with Gasteiger partial charge in [-0.05, 0) is 42.9 Å². The van der Waals surface area contributed by atoms with Gasteiger partial charge < -0.3 is 4.90 Å². The van der Waals surface area contributed by atoms with Crippen molar-refractivity contribution in [2.45, 2.75) is 32.6 Å². The van der Waals surface area contributed by atoms with Crippen LogP contribution in [0.1, 0.15) is 31.7 Å². The Hall–Kier alpha value is -1.83. The van der Waals surface area contributed by atoms with E-state index in [1.165, 1.54) is 16.8 Å². The Kier molecular flexibility index (Phi) is 3.48. The lowest BCUT2D eigenvalue weighted by molar-refractivity contribution is -0.116. The molecule has 110 valence electrons. The molecular formula is C19H23NO. The number of nitrogens with zero attached hydrogens (tertiary/aromatic N) is 1. The molecule has 0 aromatic heterocycles. The molecule has 0 amide bonds. The molecule has 0 radical (unpaired) electrons. The molecule has 1 saturated heterocycles. The molecule has 1 aromatic rings. The predicted octanol–water partition coefficient (Wildman–Crippen LogP) is 3.74. The average Bonchev–Trinajstić information content (AvgIpc) is 2.49. The summed E-state index contributed by atoms with van der Waals surface area (Å²) in [5.41, 5.74) is 4.79. The average molecular weight is 281 g/mol. The summed E-state index contributed by atoms with van der Waals surface area (Å²) in [6.45, 7) is 7.36. The van der Waals surface area contributed by atoms with E-state index < -0.39 is 0 Å². The second-order valence-electron chi connectivity index (χ2n) is 6.39. The van der Waals surface area contributed by atoms with Crippen molar-refractivity contribution in [3.8, 4) is 0 Å². The fraction of sp³-hybridized carbons (Fsp3) is 0.421. The standard InChI is InChI=1S/C19H23NO/c1-14-17-10-12-20(3)15(2)19(17,11-9-18(14)21)13-16-7-5-4-6-8-16/h4-8H,2,9-13H2,1,3H3. The van der Waals surface area contributed by atoms with Crippen molar-refractivity contribution in [2.75, 3.05) is 13.6 Å². The highest BCUT2D eigenvalue weighted by atomic mass is 16.1. The number of hydrogen-bond acceptors (Lipinski definition) is 2. The first kappa shape index (κ1) is 14.1. The minimum Gasteiger partial charge on any atom is -0.377 e. The van der Waals surface area contributed by atoms with Gasteiger partial charge in [0, 0.05) is 31.1 Å². The molecule has 0 spiro atoms. The summed E-state index contributed by atoms with van der Waals surface area (Å²) in [5.74, 6) is 0.325. The molecule has 1 aromatic carbocycles. The Labute approximate surface area is 127 Å². The molecule has 2 nitrogen and oxygen atoms in total. The summed E-state index contributed by atoms with van der Waals surface area (Å²) in [6, 6.07) is 10.6. The Bertz CT molecular complexity index is 614. The fourth-order valence-corrected chi connectivity index (χ4v) is 3.96. The van der Waals surface area contributed by atoms with Crippen LogP contribution in [-0.2, 0) is 11.2 Å². The van der Waals surface area contributed by atoms with Gasteiger partial charge in [-0.25, -0.2) is 0 Å². The minimum absolute atomic E-state index is 0.0493. The molecule has 2 aliphatic rings. The highest BCUT2D eigenvalue weighted by Gasteiger charge is 2.45. The van der Waals surface area contributed by atoms with E-state index in [2.05, 4.69) is 48.9 Å². The molecular weight excluding hydrogens is 258 g/mol. The van der Waals surface area contributed by atoms with Crippen LogP contribution < -0.4 is 0 Å². The van der Waals surface area contributed by atoms with Gasteiger partial charge in [-0.1, -0.05) is 36.9 Å². The maximum atomic E-state index is 12.1. The predicted molar refractivity (Wildman–Crippen MR) is 85.9 cm³/mol. The zero-order chi connectivity index (χ0) is 15.0. The Morgan fingerprint density at radius 1 is 1.24 bits per heavy atom. The van der Waals surface area contributed by atoms with Crippen LogP contribution in [0, 0.1) is 5.41 Å². The third kappa shape index (κ3) is 2.23. The molecule has 0 saturated carbocycles. The number of benzene rings is 1. The molecule has 1 heterocycles. The summed E-state index contributed by atoms with van der Waals surface area (Å²) >= 11 is 0. The van der Waals surface area contributed by atoms with Gasteiger partial charge >= 0.3 is 0 Å². The zero-order valence-corrected chi connectivity index (χ0v) is 13.0. The fourth-order valence-electron chi connectivity index (χ4n) is 3.96. The first-order chi connectivity index (χ1) is 10.0. The molecule has 0 N–H and O–H groups in total. The lowest BCUT2D eigenvalue weighted by Gasteiger charge is -2.49. The van der Waals surface area contributed by atoms with Gasteiger partial charge in [0.2, 0.25) is 0 Å². The quantitative estimate of drug-likeness (QED) is 0.823. The van der Waals surface area contributed by atoms with E-state index in [4.69, 9.17) is 0 Å². The van der Waals surface area contributed by atoms with E-state index in [1.807, 2.05) is 6.92 Å². The van der Waals surface area contributed by atoms with Crippen LogP contribution in [-0.4, -0.2) is 24.3 Å². The highest BCUT2D eigenvalue weighted by molar-refractivity contribution is 5.97. The maximum absolute atomic E-state index is 12.1. The van der Waals surface area contributed by atoms with Crippen LogP contribution in [0.4, 0.5) is 0 Å². The maximum Gasteiger partial charge on any atom is 0.158 e. The van der Waals surface area contributed by atoms with Gasteiger partial charge in [0.15, 0.2) is 5.78 Å². The second-order valence-corrected chi connectivity index (χ2v) is 6.39. The van der Waals surface area contributed by atoms with E-state index in [9.17, 15) is 4.79 Å². The summed E-state index contributed by atoms with van der Waals surface area (Å²) < 4.78 is 0. The van der Waals surface area contributed by atoms with Crippen molar-refractivity contribution in [1.82, 2.24) is 4.90 Å². The molecule has 2 heteroatoms. The van der Waals surface area contributed by atoms with E-state index >= 15 is 0 Å². The number of piperidine rings is 1. The number of ketones is 1. The van der Waals surface area contributed by atoms with Gasteiger partial charge in [-0.15, -0.1) is 0 Å². The van der Waals surface area contributed by atoms with Gasteiger partial charge in [-0.3, -0.25) is 4.79 Å². The molecule has 1 aliphatic carbocycles. The van der Waals surface area contributed by atoms with Gasteiger partial charge in [0.25, 0.3) is 0 Å². The number of allylic oxidation sites excluding steroid dienone is 2. The van der Waals surface area contributed by atoms with Crippen molar-refractivity contribution >= 4 is 5.78 Å². The third-order valence-electron chi connectivity index (χ3n) is 5.29. The molecule has 1 aliphatic heterocycles. The number of carbonyl (C=O) groups is 1. The molecule has 1 unspecified atom stereocenters. The first-order valence-electron chi connectivity index (χ1n) is 7.72. The number of carbonyl (C=O) groups excluding carboxylic acids is 1. The van der Waals surface area contributed by atoms with Crippen LogP contribution >= 0.6 is 0 Å². The van der Waals surface area contributed by atoms with Crippen LogP contribution in [0.3, 0.4) is 0 Å². The van der Waals surface area contributed by atoms with Crippen molar-refractivity contribution in [3.05, 3.63) is 59.3 Å². The second kappa shape index (κ2) is 5.18. The van der Waals surface area contributed by atoms with Crippen LogP contribution in [0.2, 0.25) is 0 Å². The van der Waals surface area contributed by atoms with E-state index in [-0.39, 0.29) is 5.41 Å². The molecule has 1 fully saturated rings. The lowest BCUT2D eigenvalue weighted by atomic mass is 9.62. The molecule has 1 atom stereocenters. The van der Waals surface area contributed by atoms with E-state index in [0.29, 0.717) is 12.2 Å². The summed E-state index contributed by atoms with van der Waals surface area (Å²) in [5, 5.41) is 0. The Morgan fingerprint density at radius 2 is 1.95 bits per heavy atom. The molecule has 0 bridgehead atoms.